The second-order valence-electron chi connectivity index (χ2n) is 7.45. The van der Waals surface area contributed by atoms with Crippen LogP contribution in [0.5, 0.6) is 0 Å². The topological polar surface area (TPSA) is 127 Å². The number of carboxylic acid groups (broad SMARTS) is 1. The first-order chi connectivity index (χ1) is 13.7. The second-order valence-corrected chi connectivity index (χ2v) is 7.45. The van der Waals surface area contributed by atoms with Gasteiger partial charge < -0.3 is 30.3 Å². The molecule has 5 N–H and O–H groups in total. The third kappa shape index (κ3) is 27.3. The molecule has 0 bridgehead atoms. The summed E-state index contributed by atoms with van der Waals surface area (Å²) < 4.78 is 4.72. The van der Waals surface area contributed by atoms with Crippen molar-refractivity contribution in [3.63, 3.8) is 0 Å². The Morgan fingerprint density at radius 2 is 1.28 bits per heavy atom. The van der Waals surface area contributed by atoms with Gasteiger partial charge in [-0.1, -0.05) is 73.1 Å². The van der Waals surface area contributed by atoms with Crippen LogP contribution in [0.3, 0.4) is 0 Å². The fraction of sp³-hybridized carbons (Fsp3) is 0.955. The van der Waals surface area contributed by atoms with Gasteiger partial charge in [0.1, 0.15) is 12.2 Å². The van der Waals surface area contributed by atoms with Crippen molar-refractivity contribution in [3.8, 4) is 0 Å². The number of aliphatic hydroxyl groups excluding tert-OH is 4. The summed E-state index contributed by atoms with van der Waals surface area (Å²) in [4.78, 5) is 10.4. The van der Waals surface area contributed by atoms with Crippen molar-refractivity contribution in [2.75, 3.05) is 26.4 Å². The molecule has 0 fully saturated rings. The van der Waals surface area contributed by atoms with E-state index in [-0.39, 0.29) is 32.3 Å². The summed E-state index contributed by atoms with van der Waals surface area (Å²) in [6.07, 6.45) is 7.42. The monoisotopic (exact) mass is 424 g/mol. The molecule has 178 valence electrons. The molecule has 0 aliphatic heterocycles. The average molecular weight is 425 g/mol. The number of aliphatic hydroxyl groups is 4. The third-order valence-electron chi connectivity index (χ3n) is 4.54. The van der Waals surface area contributed by atoms with E-state index in [1.807, 2.05) is 6.92 Å². The fourth-order valence-electron chi connectivity index (χ4n) is 2.15. The van der Waals surface area contributed by atoms with Gasteiger partial charge in [0, 0.05) is 0 Å². The molecular formula is C22H48O7. The molecule has 0 amide bonds. The van der Waals surface area contributed by atoms with E-state index in [0.717, 1.165) is 31.6 Å². The molecule has 4 atom stereocenters. The zero-order valence-electron chi connectivity index (χ0n) is 19.3. The molecule has 0 heterocycles. The number of carboxylic acids is 1. The number of aliphatic carboxylic acids is 1. The summed E-state index contributed by atoms with van der Waals surface area (Å²) in [5, 5.41) is 42.7. The molecule has 7 heteroatoms. The van der Waals surface area contributed by atoms with E-state index in [1.165, 1.54) is 25.7 Å². The van der Waals surface area contributed by atoms with Gasteiger partial charge in [0.2, 0.25) is 0 Å². The summed E-state index contributed by atoms with van der Waals surface area (Å²) in [6.45, 7) is 10.0. The van der Waals surface area contributed by atoms with Gasteiger partial charge in [-0.05, 0) is 18.8 Å². The standard InChI is InChI=1S/C8H16O2.C8H18.C6H14O5/c1-3-5-6-7(4-2)8(9)10;1-4-6-7-8(3)5-2;7-1-5(9)3-11-4-6(10)2-8/h7H,3-6H2,1-2H3,(H,9,10);8H,4-7H2,1-3H3;5-10H,1-4H2. The summed E-state index contributed by atoms with van der Waals surface area (Å²) >= 11 is 0. The fourth-order valence-corrected chi connectivity index (χ4v) is 2.15. The van der Waals surface area contributed by atoms with E-state index >= 15 is 0 Å². The van der Waals surface area contributed by atoms with Crippen LogP contribution in [0.15, 0.2) is 0 Å². The van der Waals surface area contributed by atoms with Crippen LogP contribution in [0, 0.1) is 11.8 Å². The molecule has 0 aliphatic carbocycles. The quantitative estimate of drug-likeness (QED) is 0.273. The first kappa shape index (κ1) is 32.9. The molecule has 0 spiro atoms. The summed E-state index contributed by atoms with van der Waals surface area (Å²) in [5.41, 5.74) is 0. The van der Waals surface area contributed by atoms with Crippen LogP contribution in [0.25, 0.3) is 0 Å². The minimum atomic E-state index is -0.916. The van der Waals surface area contributed by atoms with E-state index in [2.05, 4.69) is 27.7 Å². The van der Waals surface area contributed by atoms with Crippen LogP contribution < -0.4 is 0 Å². The maximum absolute atomic E-state index is 10.4. The summed E-state index contributed by atoms with van der Waals surface area (Å²) in [7, 11) is 0. The van der Waals surface area contributed by atoms with Crippen molar-refractivity contribution in [2.45, 2.75) is 98.2 Å². The molecule has 4 unspecified atom stereocenters. The third-order valence-corrected chi connectivity index (χ3v) is 4.54. The minimum Gasteiger partial charge on any atom is -0.481 e. The molecule has 29 heavy (non-hydrogen) atoms. The van der Waals surface area contributed by atoms with Crippen LogP contribution in [-0.4, -0.2) is 70.1 Å². The van der Waals surface area contributed by atoms with Gasteiger partial charge in [0.05, 0.1) is 32.3 Å². The predicted octanol–water partition coefficient (Wildman–Crippen LogP) is 3.22. The summed E-state index contributed by atoms with van der Waals surface area (Å²) in [5.74, 6) is 0.200. The molecule has 0 rings (SSSR count). The highest BCUT2D eigenvalue weighted by molar-refractivity contribution is 5.69. The Bertz CT molecular complexity index is 316. The van der Waals surface area contributed by atoms with Crippen molar-refractivity contribution < 1.29 is 35.1 Å². The molecule has 0 aromatic carbocycles. The van der Waals surface area contributed by atoms with E-state index in [0.29, 0.717) is 0 Å². The van der Waals surface area contributed by atoms with Crippen molar-refractivity contribution >= 4 is 5.97 Å². The normalized spacial score (nSPS) is 14.5. The molecule has 7 nitrogen and oxygen atoms in total. The number of rotatable bonds is 15. The van der Waals surface area contributed by atoms with Gasteiger partial charge in [-0.2, -0.15) is 0 Å². The number of ether oxygens (including phenoxy) is 1. The Balaban J connectivity index is -0.000000354. The predicted molar refractivity (Wildman–Crippen MR) is 117 cm³/mol. The lowest BCUT2D eigenvalue weighted by atomic mass is 10.00. The van der Waals surface area contributed by atoms with E-state index in [9.17, 15) is 4.79 Å². The number of unbranched alkanes of at least 4 members (excludes halogenated alkanes) is 2. The van der Waals surface area contributed by atoms with Crippen LogP contribution in [0.1, 0.15) is 86.0 Å². The Kier molecular flexibility index (Phi) is 28.7. The lowest BCUT2D eigenvalue weighted by molar-refractivity contribution is -0.142. The summed E-state index contributed by atoms with van der Waals surface area (Å²) in [6, 6.07) is 0. The lowest BCUT2D eigenvalue weighted by Crippen LogP contribution is -2.25. The van der Waals surface area contributed by atoms with Gasteiger partial charge >= 0.3 is 5.97 Å². The minimum absolute atomic E-state index is 0.0342. The molecule has 0 saturated heterocycles. The van der Waals surface area contributed by atoms with Gasteiger partial charge in [-0.25, -0.2) is 0 Å². The Hall–Kier alpha value is -0.730. The first-order valence-corrected chi connectivity index (χ1v) is 11.1. The van der Waals surface area contributed by atoms with E-state index < -0.39 is 18.2 Å². The zero-order valence-corrected chi connectivity index (χ0v) is 19.3. The maximum Gasteiger partial charge on any atom is 0.306 e. The lowest BCUT2D eigenvalue weighted by Gasteiger charge is -2.10. The van der Waals surface area contributed by atoms with Crippen LogP contribution in [0.4, 0.5) is 0 Å². The van der Waals surface area contributed by atoms with Crippen LogP contribution in [-0.2, 0) is 9.53 Å². The van der Waals surface area contributed by atoms with E-state index in [4.69, 9.17) is 30.3 Å². The molecule has 0 aromatic rings. The van der Waals surface area contributed by atoms with Crippen LogP contribution in [0.2, 0.25) is 0 Å². The molecule has 0 aromatic heterocycles. The van der Waals surface area contributed by atoms with Gasteiger partial charge in [-0.3, -0.25) is 4.79 Å². The molecular weight excluding hydrogens is 376 g/mol. The van der Waals surface area contributed by atoms with Gasteiger partial charge in [0.25, 0.3) is 0 Å². The highest BCUT2D eigenvalue weighted by atomic mass is 16.5. The number of hydrogen-bond donors (Lipinski definition) is 5. The first-order valence-electron chi connectivity index (χ1n) is 11.1. The Morgan fingerprint density at radius 3 is 1.59 bits per heavy atom. The van der Waals surface area contributed by atoms with Crippen molar-refractivity contribution in [1.29, 1.82) is 0 Å². The highest BCUT2D eigenvalue weighted by Crippen LogP contribution is 2.12. The zero-order chi connectivity index (χ0) is 23.1. The van der Waals surface area contributed by atoms with Gasteiger partial charge in [0.15, 0.2) is 0 Å². The van der Waals surface area contributed by atoms with Crippen LogP contribution >= 0.6 is 0 Å². The van der Waals surface area contributed by atoms with E-state index in [1.54, 1.807) is 0 Å². The molecule has 0 saturated carbocycles. The smallest absolute Gasteiger partial charge is 0.306 e. The van der Waals surface area contributed by atoms with Crippen molar-refractivity contribution in [2.24, 2.45) is 11.8 Å². The largest absolute Gasteiger partial charge is 0.481 e. The molecule has 0 aliphatic rings. The second kappa shape index (κ2) is 25.3. The average Bonchev–Trinajstić information content (AvgIpc) is 2.72. The maximum atomic E-state index is 10.4. The SMILES string of the molecule is CCCCC(C)CC.CCCCC(CC)C(=O)O.OCC(O)COCC(O)CO. The molecule has 0 radical (unpaired) electrons. The number of carbonyl (C=O) groups is 1. The highest BCUT2D eigenvalue weighted by Gasteiger charge is 2.12. The number of hydrogen-bond acceptors (Lipinski definition) is 6. The Morgan fingerprint density at radius 1 is 0.828 bits per heavy atom. The van der Waals surface area contributed by atoms with Crippen molar-refractivity contribution in [3.05, 3.63) is 0 Å². The van der Waals surface area contributed by atoms with Gasteiger partial charge in [-0.15, -0.1) is 0 Å². The Labute approximate surface area is 178 Å². The van der Waals surface area contributed by atoms with Crippen molar-refractivity contribution in [1.82, 2.24) is 0 Å².